The summed E-state index contributed by atoms with van der Waals surface area (Å²) in [5.74, 6) is -0.741. The van der Waals surface area contributed by atoms with Crippen LogP contribution in [0, 0.1) is 0 Å². The van der Waals surface area contributed by atoms with Gasteiger partial charge in [-0.1, -0.05) is 67.7 Å². The fraction of sp³-hybridized carbons (Fsp3) is 0.450. The Morgan fingerprint density at radius 3 is 2.21 bits per heavy atom. The van der Waals surface area contributed by atoms with Crippen molar-refractivity contribution in [2.45, 2.75) is 57.7 Å². The molecule has 0 saturated heterocycles. The molecular weight excluding hydrogens is 304 g/mol. The number of carboxylic acid groups (broad SMARTS) is 1. The number of rotatable bonds is 13. The lowest BCUT2D eigenvalue weighted by molar-refractivity contribution is -0.137. The lowest BCUT2D eigenvalue weighted by Crippen LogP contribution is -2.22. The summed E-state index contributed by atoms with van der Waals surface area (Å²) in [6.45, 7) is 1.82. The van der Waals surface area contributed by atoms with E-state index in [2.05, 4.69) is 12.2 Å². The van der Waals surface area contributed by atoms with E-state index in [0.717, 1.165) is 19.3 Å². The van der Waals surface area contributed by atoms with E-state index < -0.39 is 18.2 Å². The van der Waals surface area contributed by atoms with Gasteiger partial charge in [-0.25, -0.2) is 0 Å². The molecule has 0 aromatic heterocycles. The predicted molar refractivity (Wildman–Crippen MR) is 98.7 cm³/mol. The SMILES string of the molecule is CC[C@@H](O)C(O)/C=C/C=C/C=C\C/C=C\C/C=C\CCCC(=O)O. The Morgan fingerprint density at radius 2 is 1.54 bits per heavy atom. The van der Waals surface area contributed by atoms with E-state index in [0.29, 0.717) is 12.8 Å². The summed E-state index contributed by atoms with van der Waals surface area (Å²) in [5, 5.41) is 27.4. The van der Waals surface area contributed by atoms with Gasteiger partial charge in [-0.15, -0.1) is 0 Å². The molecule has 0 bridgehead atoms. The first-order valence-electron chi connectivity index (χ1n) is 8.45. The van der Waals surface area contributed by atoms with Crippen LogP contribution in [-0.4, -0.2) is 33.5 Å². The Hall–Kier alpha value is -1.91. The van der Waals surface area contributed by atoms with Crippen LogP contribution in [0.25, 0.3) is 0 Å². The van der Waals surface area contributed by atoms with Crippen molar-refractivity contribution in [1.29, 1.82) is 0 Å². The average molecular weight is 334 g/mol. The van der Waals surface area contributed by atoms with Crippen LogP contribution in [0.15, 0.2) is 60.8 Å². The second kappa shape index (κ2) is 16.0. The minimum Gasteiger partial charge on any atom is -0.481 e. The van der Waals surface area contributed by atoms with Gasteiger partial charge in [-0.2, -0.15) is 0 Å². The minimum absolute atomic E-state index is 0.228. The highest BCUT2D eigenvalue weighted by molar-refractivity contribution is 5.66. The zero-order chi connectivity index (χ0) is 18.0. The van der Waals surface area contributed by atoms with Gasteiger partial charge in [0.25, 0.3) is 0 Å². The van der Waals surface area contributed by atoms with Crippen LogP contribution in [0.5, 0.6) is 0 Å². The van der Waals surface area contributed by atoms with Crippen molar-refractivity contribution in [3.8, 4) is 0 Å². The zero-order valence-corrected chi connectivity index (χ0v) is 14.4. The number of aliphatic carboxylic acids is 1. The summed E-state index contributed by atoms with van der Waals surface area (Å²) in [4.78, 5) is 10.3. The molecule has 0 fully saturated rings. The average Bonchev–Trinajstić information content (AvgIpc) is 2.57. The predicted octanol–water partition coefficient (Wildman–Crippen LogP) is 3.93. The number of allylic oxidation sites excluding steroid dienone is 9. The van der Waals surface area contributed by atoms with Gasteiger partial charge in [0.2, 0.25) is 0 Å². The standard InChI is InChI=1S/C20H30O4/c1-2-18(21)19(22)16-14-12-10-8-6-4-3-5-7-9-11-13-15-17-20(23)24/h3,5-6,8-12,14,16,18-19,21-22H,2,4,7,13,15,17H2,1H3,(H,23,24)/b5-3-,8-6-,11-9-,12-10+,16-14+/t18-,19?/m1/s1. The van der Waals surface area contributed by atoms with E-state index >= 15 is 0 Å². The molecule has 0 aromatic carbocycles. The molecule has 3 N–H and O–H groups in total. The largest absolute Gasteiger partial charge is 0.481 e. The van der Waals surface area contributed by atoms with Gasteiger partial charge in [0.05, 0.1) is 12.2 Å². The van der Waals surface area contributed by atoms with Gasteiger partial charge in [0.15, 0.2) is 0 Å². The fourth-order valence-electron chi connectivity index (χ4n) is 1.77. The molecule has 4 nitrogen and oxygen atoms in total. The second-order valence-electron chi connectivity index (χ2n) is 5.36. The molecule has 0 aromatic rings. The molecule has 0 amide bonds. The number of aliphatic hydroxyl groups is 2. The van der Waals surface area contributed by atoms with Gasteiger partial charge >= 0.3 is 5.97 Å². The molecule has 0 rings (SSSR count). The van der Waals surface area contributed by atoms with E-state index in [1.807, 2.05) is 43.4 Å². The maximum Gasteiger partial charge on any atom is 0.303 e. The Bertz CT molecular complexity index is 458. The topological polar surface area (TPSA) is 77.8 Å². The molecule has 0 aliphatic rings. The van der Waals surface area contributed by atoms with Crippen molar-refractivity contribution in [3.05, 3.63) is 60.8 Å². The van der Waals surface area contributed by atoms with Crippen LogP contribution in [-0.2, 0) is 4.79 Å². The smallest absolute Gasteiger partial charge is 0.303 e. The van der Waals surface area contributed by atoms with Gasteiger partial charge in [0.1, 0.15) is 0 Å². The normalized spacial score (nSPS) is 15.5. The van der Waals surface area contributed by atoms with Crippen molar-refractivity contribution < 1.29 is 20.1 Å². The van der Waals surface area contributed by atoms with Crippen molar-refractivity contribution >= 4 is 5.97 Å². The van der Waals surface area contributed by atoms with Crippen LogP contribution >= 0.6 is 0 Å². The first-order valence-corrected chi connectivity index (χ1v) is 8.45. The molecule has 0 saturated carbocycles. The Labute approximate surface area is 145 Å². The van der Waals surface area contributed by atoms with Crippen molar-refractivity contribution in [1.82, 2.24) is 0 Å². The van der Waals surface area contributed by atoms with Crippen LogP contribution in [0.2, 0.25) is 0 Å². The summed E-state index contributed by atoms with van der Waals surface area (Å²) in [6.07, 6.45) is 21.6. The maximum absolute atomic E-state index is 10.3. The summed E-state index contributed by atoms with van der Waals surface area (Å²) in [7, 11) is 0. The molecule has 0 spiro atoms. The number of aliphatic hydroxyl groups excluding tert-OH is 2. The third-order valence-electron chi connectivity index (χ3n) is 3.23. The van der Waals surface area contributed by atoms with Gasteiger partial charge in [0, 0.05) is 6.42 Å². The second-order valence-corrected chi connectivity index (χ2v) is 5.36. The van der Waals surface area contributed by atoms with Crippen LogP contribution < -0.4 is 0 Å². The molecule has 134 valence electrons. The van der Waals surface area contributed by atoms with E-state index in [1.54, 1.807) is 12.2 Å². The summed E-state index contributed by atoms with van der Waals surface area (Å²) < 4.78 is 0. The van der Waals surface area contributed by atoms with E-state index in [9.17, 15) is 15.0 Å². The fourth-order valence-corrected chi connectivity index (χ4v) is 1.77. The molecule has 0 aliphatic carbocycles. The zero-order valence-electron chi connectivity index (χ0n) is 14.4. The highest BCUT2D eigenvalue weighted by atomic mass is 16.4. The van der Waals surface area contributed by atoms with E-state index in [1.165, 1.54) is 0 Å². The number of unbranched alkanes of at least 4 members (excludes halogenated alkanes) is 1. The van der Waals surface area contributed by atoms with Gasteiger partial charge in [-0.3, -0.25) is 4.79 Å². The third kappa shape index (κ3) is 15.0. The highest BCUT2D eigenvalue weighted by Gasteiger charge is 2.08. The summed E-state index contributed by atoms with van der Waals surface area (Å²) in [6, 6.07) is 0. The first kappa shape index (κ1) is 22.1. The molecular formula is C20H30O4. The van der Waals surface area contributed by atoms with Crippen molar-refractivity contribution in [2.24, 2.45) is 0 Å². The number of carbonyl (C=O) groups is 1. The Morgan fingerprint density at radius 1 is 0.917 bits per heavy atom. The van der Waals surface area contributed by atoms with E-state index in [-0.39, 0.29) is 6.42 Å². The minimum atomic E-state index is -0.816. The van der Waals surface area contributed by atoms with Crippen LogP contribution in [0.4, 0.5) is 0 Å². The van der Waals surface area contributed by atoms with Gasteiger partial charge < -0.3 is 15.3 Å². The number of carboxylic acids is 1. The molecule has 0 heterocycles. The quantitative estimate of drug-likeness (QED) is 0.271. The van der Waals surface area contributed by atoms with Crippen molar-refractivity contribution in [3.63, 3.8) is 0 Å². The molecule has 24 heavy (non-hydrogen) atoms. The monoisotopic (exact) mass is 334 g/mol. The molecule has 1 unspecified atom stereocenters. The Balaban J connectivity index is 3.70. The van der Waals surface area contributed by atoms with Crippen LogP contribution in [0.1, 0.15) is 45.4 Å². The van der Waals surface area contributed by atoms with Crippen molar-refractivity contribution in [2.75, 3.05) is 0 Å². The molecule has 4 heteroatoms. The van der Waals surface area contributed by atoms with E-state index in [4.69, 9.17) is 5.11 Å². The maximum atomic E-state index is 10.3. The number of hydrogen-bond acceptors (Lipinski definition) is 3. The number of hydrogen-bond donors (Lipinski definition) is 3. The summed E-state index contributed by atoms with van der Waals surface area (Å²) in [5.41, 5.74) is 0. The first-order chi connectivity index (χ1) is 11.6. The Kier molecular flexibility index (Phi) is 14.7. The lowest BCUT2D eigenvalue weighted by atomic mass is 10.1. The highest BCUT2D eigenvalue weighted by Crippen LogP contribution is 2.00. The third-order valence-corrected chi connectivity index (χ3v) is 3.23. The van der Waals surface area contributed by atoms with Crippen LogP contribution in [0.3, 0.4) is 0 Å². The van der Waals surface area contributed by atoms with Gasteiger partial charge in [-0.05, 0) is 32.1 Å². The summed E-state index contributed by atoms with van der Waals surface area (Å²) >= 11 is 0. The molecule has 0 aliphatic heterocycles. The molecule has 0 radical (unpaired) electrons. The molecule has 2 atom stereocenters. The lowest BCUT2D eigenvalue weighted by Gasteiger charge is -2.10.